The van der Waals surface area contributed by atoms with Crippen molar-refractivity contribution in [3.63, 3.8) is 0 Å². The fourth-order valence-electron chi connectivity index (χ4n) is 3.42. The number of aryl methyl sites for hydroxylation is 3. The Labute approximate surface area is 174 Å². The van der Waals surface area contributed by atoms with Crippen LogP contribution in [0.15, 0.2) is 69.9 Å². The molecule has 4 rings (SSSR count). The molecule has 4 heteroatoms. The van der Waals surface area contributed by atoms with Crippen LogP contribution < -0.4 is 10.2 Å². The SMILES string of the molecule is Cc1ccc(-c2oc3c(C)cc(C)cc3c(=O)c2OCc2ccccc2Cl)cc1. The zero-order valence-corrected chi connectivity index (χ0v) is 17.3. The number of fused-ring (bicyclic) bond motifs is 1. The summed E-state index contributed by atoms with van der Waals surface area (Å²) in [6.07, 6.45) is 0. The molecule has 0 aliphatic heterocycles. The Hall–Kier alpha value is -3.04. The fraction of sp³-hybridized carbons (Fsp3) is 0.160. The Bertz CT molecular complexity index is 1250. The third-order valence-corrected chi connectivity index (χ3v) is 5.29. The summed E-state index contributed by atoms with van der Waals surface area (Å²) in [6.45, 7) is 6.10. The van der Waals surface area contributed by atoms with Gasteiger partial charge in [-0.2, -0.15) is 0 Å². The van der Waals surface area contributed by atoms with Crippen LogP contribution >= 0.6 is 11.6 Å². The molecule has 1 aromatic heterocycles. The van der Waals surface area contributed by atoms with Crippen molar-refractivity contribution in [2.45, 2.75) is 27.4 Å². The number of halogens is 1. The molecule has 0 aliphatic rings. The first-order chi connectivity index (χ1) is 13.9. The molecule has 0 unspecified atom stereocenters. The maximum atomic E-state index is 13.4. The van der Waals surface area contributed by atoms with E-state index in [1.54, 1.807) is 6.07 Å². The highest BCUT2D eigenvalue weighted by atomic mass is 35.5. The zero-order valence-electron chi connectivity index (χ0n) is 16.6. The summed E-state index contributed by atoms with van der Waals surface area (Å²) in [4.78, 5) is 13.4. The first-order valence-corrected chi connectivity index (χ1v) is 9.83. The minimum atomic E-state index is -0.180. The molecule has 146 valence electrons. The van der Waals surface area contributed by atoms with Crippen molar-refractivity contribution in [2.24, 2.45) is 0 Å². The Morgan fingerprint density at radius 2 is 1.66 bits per heavy atom. The summed E-state index contributed by atoms with van der Waals surface area (Å²) in [5.74, 6) is 0.632. The lowest BCUT2D eigenvalue weighted by atomic mass is 10.0. The van der Waals surface area contributed by atoms with E-state index in [2.05, 4.69) is 0 Å². The van der Waals surface area contributed by atoms with Crippen molar-refractivity contribution in [3.8, 4) is 17.1 Å². The molecule has 0 saturated carbocycles. The number of hydrogen-bond donors (Lipinski definition) is 0. The van der Waals surface area contributed by atoms with Crippen molar-refractivity contribution in [3.05, 3.63) is 98.2 Å². The van der Waals surface area contributed by atoms with Crippen molar-refractivity contribution >= 4 is 22.6 Å². The predicted octanol–water partition coefficient (Wildman–Crippen LogP) is 6.62. The lowest BCUT2D eigenvalue weighted by Gasteiger charge is -2.14. The van der Waals surface area contributed by atoms with Gasteiger partial charge >= 0.3 is 0 Å². The summed E-state index contributed by atoms with van der Waals surface area (Å²) in [6, 6.07) is 19.1. The van der Waals surface area contributed by atoms with Crippen LogP contribution in [0.2, 0.25) is 5.02 Å². The Morgan fingerprint density at radius 1 is 0.931 bits per heavy atom. The summed E-state index contributed by atoms with van der Waals surface area (Å²) in [5.41, 5.74) is 5.06. The van der Waals surface area contributed by atoms with Gasteiger partial charge < -0.3 is 9.15 Å². The van der Waals surface area contributed by atoms with Crippen molar-refractivity contribution in [1.82, 2.24) is 0 Å². The van der Waals surface area contributed by atoms with Crippen LogP contribution in [0.1, 0.15) is 22.3 Å². The molecular formula is C25H21ClO3. The quantitative estimate of drug-likeness (QED) is 0.383. The van der Waals surface area contributed by atoms with Crippen LogP contribution in [0.5, 0.6) is 5.75 Å². The van der Waals surface area contributed by atoms with E-state index in [9.17, 15) is 4.79 Å². The van der Waals surface area contributed by atoms with Gasteiger partial charge in [0.2, 0.25) is 11.2 Å². The molecule has 4 aromatic rings. The first kappa shape index (κ1) is 19.3. The minimum absolute atomic E-state index is 0.180. The molecule has 0 atom stereocenters. The van der Waals surface area contributed by atoms with Gasteiger partial charge in [-0.1, -0.05) is 65.7 Å². The third kappa shape index (κ3) is 3.79. The second kappa shape index (κ2) is 7.76. The monoisotopic (exact) mass is 404 g/mol. The van der Waals surface area contributed by atoms with E-state index < -0.39 is 0 Å². The van der Waals surface area contributed by atoms with E-state index in [1.165, 1.54) is 0 Å². The molecule has 0 bridgehead atoms. The number of rotatable bonds is 4. The standard InChI is InChI=1S/C25H21ClO3/c1-15-8-10-18(11-9-15)24-25(28-14-19-6-4-5-7-21(19)26)22(27)20-13-16(2)12-17(3)23(20)29-24/h4-13H,14H2,1-3H3. The second-order valence-electron chi connectivity index (χ2n) is 7.29. The van der Waals surface area contributed by atoms with Crippen molar-refractivity contribution in [1.29, 1.82) is 0 Å². The molecule has 0 N–H and O–H groups in total. The van der Waals surface area contributed by atoms with E-state index in [0.717, 1.165) is 27.8 Å². The normalized spacial score (nSPS) is 11.0. The summed E-state index contributed by atoms with van der Waals surface area (Å²) >= 11 is 6.26. The highest BCUT2D eigenvalue weighted by Crippen LogP contribution is 2.33. The molecule has 1 heterocycles. The highest BCUT2D eigenvalue weighted by Gasteiger charge is 2.19. The molecule has 0 aliphatic carbocycles. The van der Waals surface area contributed by atoms with Crippen LogP contribution in [0, 0.1) is 20.8 Å². The smallest absolute Gasteiger partial charge is 0.235 e. The lowest BCUT2D eigenvalue weighted by Crippen LogP contribution is -2.11. The van der Waals surface area contributed by atoms with E-state index in [4.69, 9.17) is 20.8 Å². The Morgan fingerprint density at radius 3 is 2.38 bits per heavy atom. The van der Waals surface area contributed by atoms with E-state index in [-0.39, 0.29) is 17.8 Å². The second-order valence-corrected chi connectivity index (χ2v) is 7.70. The van der Waals surface area contributed by atoms with E-state index >= 15 is 0 Å². The minimum Gasteiger partial charge on any atom is -0.481 e. The lowest BCUT2D eigenvalue weighted by molar-refractivity contribution is 0.298. The summed E-state index contributed by atoms with van der Waals surface area (Å²) < 4.78 is 12.3. The molecule has 3 nitrogen and oxygen atoms in total. The van der Waals surface area contributed by atoms with Gasteiger partial charge in [0.25, 0.3) is 0 Å². The van der Waals surface area contributed by atoms with Gasteiger partial charge in [-0.15, -0.1) is 0 Å². The van der Waals surface area contributed by atoms with Gasteiger partial charge in [0.05, 0.1) is 5.39 Å². The molecule has 0 radical (unpaired) electrons. The van der Waals surface area contributed by atoms with Gasteiger partial charge in [0, 0.05) is 16.1 Å². The molecule has 0 saturated heterocycles. The average Bonchev–Trinajstić information content (AvgIpc) is 2.69. The van der Waals surface area contributed by atoms with Gasteiger partial charge in [0.1, 0.15) is 12.2 Å². The van der Waals surface area contributed by atoms with Crippen molar-refractivity contribution < 1.29 is 9.15 Å². The molecular weight excluding hydrogens is 384 g/mol. The van der Waals surface area contributed by atoms with E-state index in [0.29, 0.717) is 21.8 Å². The van der Waals surface area contributed by atoms with Crippen LogP contribution in [-0.2, 0) is 6.61 Å². The molecule has 0 fully saturated rings. The molecule has 0 amide bonds. The average molecular weight is 405 g/mol. The topological polar surface area (TPSA) is 39.4 Å². The van der Waals surface area contributed by atoms with Crippen LogP contribution in [0.4, 0.5) is 0 Å². The summed E-state index contributed by atoms with van der Waals surface area (Å²) in [7, 11) is 0. The van der Waals surface area contributed by atoms with Crippen molar-refractivity contribution in [2.75, 3.05) is 0 Å². The zero-order chi connectivity index (χ0) is 20.5. The Balaban J connectivity index is 1.91. The predicted molar refractivity (Wildman–Crippen MR) is 118 cm³/mol. The van der Waals surface area contributed by atoms with Crippen LogP contribution in [0.25, 0.3) is 22.3 Å². The Kier molecular flexibility index (Phi) is 5.16. The first-order valence-electron chi connectivity index (χ1n) is 9.45. The number of benzene rings is 3. The largest absolute Gasteiger partial charge is 0.481 e. The molecule has 3 aromatic carbocycles. The third-order valence-electron chi connectivity index (χ3n) is 4.92. The number of hydrogen-bond acceptors (Lipinski definition) is 3. The van der Waals surface area contributed by atoms with Gasteiger partial charge in [-0.3, -0.25) is 4.79 Å². The van der Waals surface area contributed by atoms with Crippen LogP contribution in [0.3, 0.4) is 0 Å². The van der Waals surface area contributed by atoms with Gasteiger partial charge in [-0.25, -0.2) is 0 Å². The highest BCUT2D eigenvalue weighted by molar-refractivity contribution is 6.31. The van der Waals surface area contributed by atoms with Crippen LogP contribution in [-0.4, -0.2) is 0 Å². The summed E-state index contributed by atoms with van der Waals surface area (Å²) in [5, 5.41) is 1.12. The molecule has 0 spiro atoms. The van der Waals surface area contributed by atoms with Gasteiger partial charge in [-0.05, 0) is 44.0 Å². The number of ether oxygens (including phenoxy) is 1. The maximum absolute atomic E-state index is 13.4. The van der Waals surface area contributed by atoms with E-state index in [1.807, 2.05) is 75.4 Å². The molecule has 29 heavy (non-hydrogen) atoms. The van der Waals surface area contributed by atoms with Gasteiger partial charge in [0.15, 0.2) is 5.76 Å². The maximum Gasteiger partial charge on any atom is 0.235 e. The fourth-order valence-corrected chi connectivity index (χ4v) is 3.61.